The van der Waals surface area contributed by atoms with Gasteiger partial charge in [0.05, 0.1) is 23.7 Å². The van der Waals surface area contributed by atoms with Crippen molar-refractivity contribution >= 4 is 34.3 Å². The SMILES string of the molecule is CCOC(=O)COc1cccc(-n2nc(C(C)(C)C)cc2NC(=O)Nc2cccc3ccccc23)c1. The van der Waals surface area contributed by atoms with Crippen LogP contribution in [0.4, 0.5) is 16.3 Å². The third kappa shape index (κ3) is 5.83. The number of hydrogen-bond donors (Lipinski definition) is 2. The quantitative estimate of drug-likeness (QED) is 0.317. The molecule has 0 saturated heterocycles. The minimum absolute atomic E-state index is 0.192. The highest BCUT2D eigenvalue weighted by atomic mass is 16.6. The second-order valence-corrected chi connectivity index (χ2v) is 9.27. The Labute approximate surface area is 210 Å². The van der Waals surface area contributed by atoms with Crippen LogP contribution in [0.25, 0.3) is 16.5 Å². The molecule has 8 nitrogen and oxygen atoms in total. The summed E-state index contributed by atoms with van der Waals surface area (Å²) < 4.78 is 12.2. The topological polar surface area (TPSA) is 94.5 Å². The van der Waals surface area contributed by atoms with Gasteiger partial charge in [-0.3, -0.25) is 5.32 Å². The van der Waals surface area contributed by atoms with Crippen LogP contribution in [0, 0.1) is 0 Å². The zero-order valence-electron chi connectivity index (χ0n) is 20.9. The van der Waals surface area contributed by atoms with Crippen LogP contribution in [-0.4, -0.2) is 35.0 Å². The summed E-state index contributed by atoms with van der Waals surface area (Å²) in [6.45, 7) is 8.01. The molecule has 1 aromatic heterocycles. The van der Waals surface area contributed by atoms with Crippen molar-refractivity contribution < 1.29 is 19.1 Å². The lowest BCUT2D eigenvalue weighted by molar-refractivity contribution is -0.145. The molecular formula is C28H30N4O4. The molecule has 0 aliphatic carbocycles. The second-order valence-electron chi connectivity index (χ2n) is 9.27. The fourth-order valence-corrected chi connectivity index (χ4v) is 3.69. The third-order valence-corrected chi connectivity index (χ3v) is 5.48. The number of urea groups is 1. The number of rotatable bonds is 7. The van der Waals surface area contributed by atoms with Gasteiger partial charge >= 0.3 is 12.0 Å². The maximum atomic E-state index is 13.0. The van der Waals surface area contributed by atoms with Crippen LogP contribution in [0.15, 0.2) is 72.8 Å². The van der Waals surface area contributed by atoms with Gasteiger partial charge in [-0.15, -0.1) is 0 Å². The van der Waals surface area contributed by atoms with Gasteiger partial charge in [0.15, 0.2) is 6.61 Å². The molecule has 0 fully saturated rings. The molecular weight excluding hydrogens is 456 g/mol. The number of fused-ring (bicyclic) bond motifs is 1. The molecule has 4 aromatic rings. The van der Waals surface area contributed by atoms with Crippen LogP contribution in [0.3, 0.4) is 0 Å². The van der Waals surface area contributed by atoms with Gasteiger partial charge in [0.2, 0.25) is 0 Å². The lowest BCUT2D eigenvalue weighted by atomic mass is 9.92. The number of amides is 2. The van der Waals surface area contributed by atoms with E-state index >= 15 is 0 Å². The highest BCUT2D eigenvalue weighted by Crippen LogP contribution is 2.28. The van der Waals surface area contributed by atoms with Crippen molar-refractivity contribution in [3.8, 4) is 11.4 Å². The van der Waals surface area contributed by atoms with Crippen molar-refractivity contribution in [3.05, 3.63) is 78.5 Å². The zero-order valence-corrected chi connectivity index (χ0v) is 20.9. The first kappa shape index (κ1) is 24.8. The third-order valence-electron chi connectivity index (χ3n) is 5.48. The number of ether oxygens (including phenoxy) is 2. The molecule has 3 aromatic carbocycles. The van der Waals surface area contributed by atoms with E-state index in [2.05, 4.69) is 31.4 Å². The molecule has 0 atom stereocenters. The maximum Gasteiger partial charge on any atom is 0.344 e. The molecule has 2 N–H and O–H groups in total. The van der Waals surface area contributed by atoms with Gasteiger partial charge in [0, 0.05) is 22.9 Å². The van der Waals surface area contributed by atoms with E-state index in [9.17, 15) is 9.59 Å². The van der Waals surface area contributed by atoms with Crippen molar-refractivity contribution in [1.82, 2.24) is 9.78 Å². The van der Waals surface area contributed by atoms with E-state index in [1.165, 1.54) is 0 Å². The summed E-state index contributed by atoms with van der Waals surface area (Å²) in [7, 11) is 0. The average Bonchev–Trinajstić information content (AvgIpc) is 3.28. The number of carbonyl (C=O) groups excluding carboxylic acids is 2. The normalized spacial score (nSPS) is 11.2. The molecule has 0 saturated carbocycles. The number of nitrogens with one attached hydrogen (secondary N) is 2. The molecule has 0 radical (unpaired) electrons. The van der Waals surface area contributed by atoms with E-state index < -0.39 is 5.97 Å². The van der Waals surface area contributed by atoms with Crippen LogP contribution in [-0.2, 0) is 14.9 Å². The van der Waals surface area contributed by atoms with E-state index in [4.69, 9.17) is 14.6 Å². The van der Waals surface area contributed by atoms with Gasteiger partial charge in [0.1, 0.15) is 11.6 Å². The number of carbonyl (C=O) groups is 2. The minimum atomic E-state index is -0.440. The summed E-state index contributed by atoms with van der Waals surface area (Å²) in [6.07, 6.45) is 0. The van der Waals surface area contributed by atoms with Gasteiger partial charge in [-0.25, -0.2) is 14.3 Å². The molecule has 0 bridgehead atoms. The summed E-state index contributed by atoms with van der Waals surface area (Å²) in [6, 6.07) is 22.3. The summed E-state index contributed by atoms with van der Waals surface area (Å²) in [4.78, 5) is 24.7. The van der Waals surface area contributed by atoms with Gasteiger partial charge in [-0.2, -0.15) is 5.10 Å². The minimum Gasteiger partial charge on any atom is -0.482 e. The largest absolute Gasteiger partial charge is 0.482 e. The Balaban J connectivity index is 1.60. The molecule has 186 valence electrons. The van der Waals surface area contributed by atoms with E-state index in [0.29, 0.717) is 29.5 Å². The molecule has 0 aliphatic heterocycles. The number of hydrogen-bond acceptors (Lipinski definition) is 5. The van der Waals surface area contributed by atoms with E-state index in [1.807, 2.05) is 54.6 Å². The first-order valence-electron chi connectivity index (χ1n) is 11.8. The lowest BCUT2D eigenvalue weighted by Gasteiger charge is -2.14. The molecule has 0 unspecified atom stereocenters. The number of esters is 1. The molecule has 4 rings (SSSR count). The average molecular weight is 487 g/mol. The maximum absolute atomic E-state index is 13.0. The highest BCUT2D eigenvalue weighted by Gasteiger charge is 2.22. The monoisotopic (exact) mass is 486 g/mol. The molecule has 36 heavy (non-hydrogen) atoms. The van der Waals surface area contributed by atoms with E-state index in [1.54, 1.807) is 29.8 Å². The Kier molecular flexibility index (Phi) is 7.24. The zero-order chi connectivity index (χ0) is 25.7. The molecule has 8 heteroatoms. The van der Waals surface area contributed by atoms with E-state index in [-0.39, 0.29) is 18.1 Å². The first-order chi connectivity index (χ1) is 17.2. The highest BCUT2D eigenvalue weighted by molar-refractivity contribution is 6.06. The van der Waals surface area contributed by atoms with Crippen LogP contribution >= 0.6 is 0 Å². The predicted molar refractivity (Wildman–Crippen MR) is 141 cm³/mol. The van der Waals surface area contributed by atoms with Crippen molar-refractivity contribution in [2.45, 2.75) is 33.1 Å². The van der Waals surface area contributed by atoms with Crippen LogP contribution in [0.5, 0.6) is 5.75 Å². The van der Waals surface area contributed by atoms with Crippen molar-refractivity contribution in [3.63, 3.8) is 0 Å². The van der Waals surface area contributed by atoms with E-state index in [0.717, 1.165) is 16.5 Å². The van der Waals surface area contributed by atoms with Crippen molar-refractivity contribution in [2.75, 3.05) is 23.8 Å². The molecule has 1 heterocycles. The lowest BCUT2D eigenvalue weighted by Crippen LogP contribution is -2.21. The number of nitrogens with zero attached hydrogens (tertiary/aromatic N) is 2. The smallest absolute Gasteiger partial charge is 0.344 e. The fraction of sp³-hybridized carbons (Fsp3) is 0.250. The van der Waals surface area contributed by atoms with Gasteiger partial charge in [-0.1, -0.05) is 63.2 Å². The summed E-state index contributed by atoms with van der Waals surface area (Å²) in [5.74, 6) is 0.546. The van der Waals surface area contributed by atoms with Gasteiger partial charge < -0.3 is 14.8 Å². The number of aromatic nitrogens is 2. The molecule has 0 aliphatic rings. The first-order valence-corrected chi connectivity index (χ1v) is 11.8. The Hall–Kier alpha value is -4.33. The van der Waals surface area contributed by atoms with Crippen LogP contribution in [0.1, 0.15) is 33.4 Å². The molecule has 2 amide bonds. The Morgan fingerprint density at radius 3 is 2.47 bits per heavy atom. The fourth-order valence-electron chi connectivity index (χ4n) is 3.69. The van der Waals surface area contributed by atoms with Gasteiger partial charge in [0.25, 0.3) is 0 Å². The van der Waals surface area contributed by atoms with Crippen LogP contribution in [0.2, 0.25) is 0 Å². The number of anilines is 2. The van der Waals surface area contributed by atoms with Crippen molar-refractivity contribution in [2.24, 2.45) is 0 Å². The van der Waals surface area contributed by atoms with Crippen molar-refractivity contribution in [1.29, 1.82) is 0 Å². The summed E-state index contributed by atoms with van der Waals surface area (Å²) in [5, 5.41) is 12.6. The standard InChI is InChI=1S/C28H30N4O4/c1-5-35-26(33)18-36-21-13-9-12-20(16-21)32-25(17-24(31-32)28(2,3)4)30-27(34)29-23-15-8-11-19-10-6-7-14-22(19)23/h6-17H,5,18H2,1-4H3,(H2,29,30,34). The molecule has 0 spiro atoms. The van der Waals surface area contributed by atoms with Crippen LogP contribution < -0.4 is 15.4 Å². The van der Waals surface area contributed by atoms with Gasteiger partial charge in [-0.05, 0) is 30.5 Å². The summed E-state index contributed by atoms with van der Waals surface area (Å²) >= 11 is 0. The summed E-state index contributed by atoms with van der Waals surface area (Å²) in [5.41, 5.74) is 1.95. The Bertz CT molecular complexity index is 1380. The Morgan fingerprint density at radius 1 is 0.944 bits per heavy atom. The number of benzene rings is 3. The second kappa shape index (κ2) is 10.5. The Morgan fingerprint density at radius 2 is 1.69 bits per heavy atom. The predicted octanol–water partition coefficient (Wildman–Crippen LogP) is 5.91.